The molecule has 1 aromatic heterocycles. The van der Waals surface area contributed by atoms with Gasteiger partial charge in [-0.05, 0) is 37.6 Å². The predicted octanol–water partition coefficient (Wildman–Crippen LogP) is 4.44. The Kier molecular flexibility index (Phi) is 3.74. The van der Waals surface area contributed by atoms with Gasteiger partial charge in [0.2, 0.25) is 0 Å². The maximum Gasteiger partial charge on any atom is 0.113 e. The van der Waals surface area contributed by atoms with Crippen molar-refractivity contribution >= 4 is 22.8 Å². The van der Waals surface area contributed by atoms with Crippen molar-refractivity contribution in [2.75, 3.05) is 0 Å². The standard InChI is InChI=1S/C16H17N3S/c1-3-16(20-13-10-8-12(2)9-11-13)19-15-7-5-4-6-14(15)17-18-19/h4-11,16H,3H2,1-2H3. The monoisotopic (exact) mass is 283 g/mol. The Bertz CT molecular complexity index is 703. The quantitative estimate of drug-likeness (QED) is 0.663. The first-order chi connectivity index (χ1) is 9.78. The average Bonchev–Trinajstić information content (AvgIpc) is 2.91. The molecule has 0 amide bonds. The maximum atomic E-state index is 4.33. The van der Waals surface area contributed by atoms with Crippen molar-refractivity contribution in [3.63, 3.8) is 0 Å². The first-order valence-corrected chi connectivity index (χ1v) is 7.69. The molecule has 0 N–H and O–H groups in total. The van der Waals surface area contributed by atoms with Crippen molar-refractivity contribution in [2.24, 2.45) is 0 Å². The van der Waals surface area contributed by atoms with Crippen molar-refractivity contribution < 1.29 is 0 Å². The van der Waals surface area contributed by atoms with Gasteiger partial charge in [-0.1, -0.05) is 53.7 Å². The number of rotatable bonds is 4. The lowest BCUT2D eigenvalue weighted by Gasteiger charge is -2.15. The van der Waals surface area contributed by atoms with Gasteiger partial charge in [0.05, 0.1) is 5.52 Å². The third-order valence-corrected chi connectivity index (χ3v) is 4.64. The summed E-state index contributed by atoms with van der Waals surface area (Å²) in [7, 11) is 0. The minimum Gasteiger partial charge on any atom is -0.231 e. The van der Waals surface area contributed by atoms with E-state index in [2.05, 4.69) is 54.5 Å². The lowest BCUT2D eigenvalue weighted by atomic mass is 10.2. The van der Waals surface area contributed by atoms with Crippen LogP contribution in [0.1, 0.15) is 24.3 Å². The number of hydrogen-bond donors (Lipinski definition) is 0. The maximum absolute atomic E-state index is 4.33. The number of aromatic nitrogens is 3. The van der Waals surface area contributed by atoms with Gasteiger partial charge in [-0.3, -0.25) is 0 Å². The molecule has 0 aliphatic carbocycles. The van der Waals surface area contributed by atoms with Crippen LogP contribution in [0.15, 0.2) is 53.4 Å². The van der Waals surface area contributed by atoms with Crippen LogP contribution in [-0.4, -0.2) is 15.0 Å². The molecule has 0 radical (unpaired) electrons. The van der Waals surface area contributed by atoms with E-state index in [4.69, 9.17) is 0 Å². The summed E-state index contributed by atoms with van der Waals surface area (Å²) in [6, 6.07) is 16.7. The molecule has 4 heteroatoms. The SMILES string of the molecule is CCC(Sc1ccc(C)cc1)n1nnc2ccccc21. The average molecular weight is 283 g/mol. The van der Waals surface area contributed by atoms with Crippen molar-refractivity contribution in [1.29, 1.82) is 0 Å². The van der Waals surface area contributed by atoms with E-state index < -0.39 is 0 Å². The Hall–Kier alpha value is -1.81. The van der Waals surface area contributed by atoms with E-state index in [1.807, 2.05) is 34.6 Å². The van der Waals surface area contributed by atoms with E-state index in [1.54, 1.807) is 0 Å². The summed E-state index contributed by atoms with van der Waals surface area (Å²) >= 11 is 1.83. The summed E-state index contributed by atoms with van der Waals surface area (Å²) in [5.74, 6) is 0. The topological polar surface area (TPSA) is 30.7 Å². The molecule has 3 nitrogen and oxygen atoms in total. The second kappa shape index (κ2) is 5.67. The van der Waals surface area contributed by atoms with E-state index in [9.17, 15) is 0 Å². The highest BCUT2D eigenvalue weighted by Gasteiger charge is 2.15. The zero-order valence-corrected chi connectivity index (χ0v) is 12.5. The van der Waals surface area contributed by atoms with Crippen LogP contribution in [0, 0.1) is 6.92 Å². The Balaban J connectivity index is 1.91. The summed E-state index contributed by atoms with van der Waals surface area (Å²) in [4.78, 5) is 1.27. The molecule has 1 unspecified atom stereocenters. The molecule has 3 rings (SSSR count). The highest BCUT2D eigenvalue weighted by Crippen LogP contribution is 2.34. The number of fused-ring (bicyclic) bond motifs is 1. The van der Waals surface area contributed by atoms with E-state index in [-0.39, 0.29) is 5.37 Å². The summed E-state index contributed by atoms with van der Waals surface area (Å²) < 4.78 is 2.03. The van der Waals surface area contributed by atoms with Crippen LogP contribution in [-0.2, 0) is 0 Å². The number of hydrogen-bond acceptors (Lipinski definition) is 3. The van der Waals surface area contributed by atoms with Crippen molar-refractivity contribution in [3.05, 3.63) is 54.1 Å². The lowest BCUT2D eigenvalue weighted by molar-refractivity contribution is 0.579. The van der Waals surface area contributed by atoms with Crippen LogP contribution in [0.4, 0.5) is 0 Å². The Labute approximate surface area is 123 Å². The zero-order chi connectivity index (χ0) is 13.9. The van der Waals surface area contributed by atoms with E-state index in [0.29, 0.717) is 0 Å². The first kappa shape index (κ1) is 13.2. The normalized spacial score (nSPS) is 12.7. The molecule has 0 saturated heterocycles. The number of aryl methyl sites for hydroxylation is 1. The smallest absolute Gasteiger partial charge is 0.113 e. The fourth-order valence-corrected chi connectivity index (χ4v) is 3.21. The molecule has 0 saturated carbocycles. The number of thioether (sulfide) groups is 1. The summed E-state index contributed by atoms with van der Waals surface area (Å²) in [5.41, 5.74) is 3.34. The third kappa shape index (κ3) is 2.56. The fraction of sp³-hybridized carbons (Fsp3) is 0.250. The summed E-state index contributed by atoms with van der Waals surface area (Å²) in [6.07, 6.45) is 1.01. The molecule has 0 aliphatic rings. The second-order valence-electron chi connectivity index (χ2n) is 4.82. The van der Waals surface area contributed by atoms with Crippen LogP contribution in [0.2, 0.25) is 0 Å². The molecule has 3 aromatic rings. The minimum atomic E-state index is 0.269. The van der Waals surface area contributed by atoms with Gasteiger partial charge in [-0.15, -0.1) is 5.10 Å². The number of benzene rings is 2. The highest BCUT2D eigenvalue weighted by atomic mass is 32.2. The van der Waals surface area contributed by atoms with Gasteiger partial charge in [0, 0.05) is 4.90 Å². The molecule has 20 heavy (non-hydrogen) atoms. The van der Waals surface area contributed by atoms with E-state index >= 15 is 0 Å². The molecule has 102 valence electrons. The van der Waals surface area contributed by atoms with Gasteiger partial charge in [0.1, 0.15) is 10.9 Å². The van der Waals surface area contributed by atoms with E-state index in [1.165, 1.54) is 10.5 Å². The van der Waals surface area contributed by atoms with E-state index in [0.717, 1.165) is 17.5 Å². The summed E-state index contributed by atoms with van der Waals surface area (Å²) in [6.45, 7) is 4.29. The third-order valence-electron chi connectivity index (χ3n) is 3.29. The molecule has 2 aromatic carbocycles. The number of para-hydroxylation sites is 1. The van der Waals surface area contributed by atoms with Crippen molar-refractivity contribution in [1.82, 2.24) is 15.0 Å². The Morgan fingerprint density at radius 1 is 1.10 bits per heavy atom. The molecular formula is C16H17N3S. The first-order valence-electron chi connectivity index (χ1n) is 6.81. The highest BCUT2D eigenvalue weighted by molar-refractivity contribution is 7.99. The summed E-state index contributed by atoms with van der Waals surface area (Å²) in [5, 5.41) is 8.84. The molecule has 0 bridgehead atoms. The van der Waals surface area contributed by atoms with Gasteiger partial charge in [0.15, 0.2) is 0 Å². The predicted molar refractivity (Wildman–Crippen MR) is 83.9 cm³/mol. The fourth-order valence-electron chi connectivity index (χ4n) is 2.18. The number of nitrogens with zero attached hydrogens (tertiary/aromatic N) is 3. The van der Waals surface area contributed by atoms with Crippen LogP contribution < -0.4 is 0 Å². The van der Waals surface area contributed by atoms with Gasteiger partial charge < -0.3 is 0 Å². The largest absolute Gasteiger partial charge is 0.231 e. The van der Waals surface area contributed by atoms with Crippen molar-refractivity contribution in [2.45, 2.75) is 30.5 Å². The molecule has 0 aliphatic heterocycles. The molecular weight excluding hydrogens is 266 g/mol. The minimum absolute atomic E-state index is 0.269. The van der Waals surface area contributed by atoms with Crippen LogP contribution in [0.5, 0.6) is 0 Å². The van der Waals surface area contributed by atoms with Crippen molar-refractivity contribution in [3.8, 4) is 0 Å². The van der Waals surface area contributed by atoms with Gasteiger partial charge in [-0.2, -0.15) is 0 Å². The molecule has 1 heterocycles. The molecule has 1 atom stereocenters. The van der Waals surface area contributed by atoms with Crippen LogP contribution in [0.3, 0.4) is 0 Å². The lowest BCUT2D eigenvalue weighted by Crippen LogP contribution is -2.06. The van der Waals surface area contributed by atoms with Gasteiger partial charge >= 0.3 is 0 Å². The Morgan fingerprint density at radius 2 is 1.85 bits per heavy atom. The second-order valence-corrected chi connectivity index (χ2v) is 6.07. The van der Waals surface area contributed by atoms with Gasteiger partial charge in [0.25, 0.3) is 0 Å². The van der Waals surface area contributed by atoms with Crippen LogP contribution >= 0.6 is 11.8 Å². The van der Waals surface area contributed by atoms with Crippen LogP contribution in [0.25, 0.3) is 11.0 Å². The van der Waals surface area contributed by atoms with Gasteiger partial charge in [-0.25, -0.2) is 4.68 Å². The zero-order valence-electron chi connectivity index (χ0n) is 11.7. The molecule has 0 spiro atoms. The molecule has 0 fully saturated rings. The Morgan fingerprint density at radius 3 is 2.60 bits per heavy atom.